The van der Waals surface area contributed by atoms with E-state index >= 15 is 0 Å². The van der Waals surface area contributed by atoms with Crippen molar-refractivity contribution >= 4 is 22.9 Å². The van der Waals surface area contributed by atoms with Crippen LogP contribution >= 0.6 is 12.2 Å². The number of nitrogens with two attached hydrogens (primary N) is 1. The fourth-order valence-corrected chi connectivity index (χ4v) is 1.66. The molecule has 0 saturated heterocycles. The molecule has 3 nitrogen and oxygen atoms in total. The number of nitrogens with zero attached hydrogens (tertiary/aromatic N) is 2. The van der Waals surface area contributed by atoms with Gasteiger partial charge in [-0.25, -0.2) is 0 Å². The van der Waals surface area contributed by atoms with Gasteiger partial charge in [-0.3, -0.25) is 4.98 Å². The molecule has 88 valence electrons. The van der Waals surface area contributed by atoms with Crippen LogP contribution in [0.2, 0.25) is 0 Å². The summed E-state index contributed by atoms with van der Waals surface area (Å²) < 4.78 is 0. The van der Waals surface area contributed by atoms with Gasteiger partial charge in [-0.15, -0.1) is 0 Å². The van der Waals surface area contributed by atoms with E-state index in [1.165, 1.54) is 5.69 Å². The largest absolute Gasteiger partial charge is 0.393 e. The first-order chi connectivity index (χ1) is 7.59. The van der Waals surface area contributed by atoms with Gasteiger partial charge in [-0.2, -0.15) is 0 Å². The van der Waals surface area contributed by atoms with Gasteiger partial charge in [0.25, 0.3) is 0 Å². The van der Waals surface area contributed by atoms with Crippen LogP contribution in [0.3, 0.4) is 0 Å². The highest BCUT2D eigenvalue weighted by Crippen LogP contribution is 2.14. The van der Waals surface area contributed by atoms with E-state index in [9.17, 15) is 0 Å². The Labute approximate surface area is 103 Å². The molecule has 1 aromatic heterocycles. The van der Waals surface area contributed by atoms with Crippen LogP contribution in [0.15, 0.2) is 24.5 Å². The summed E-state index contributed by atoms with van der Waals surface area (Å²) in [4.78, 5) is 6.89. The molecular formula is C12H19N3S. The molecule has 0 unspecified atom stereocenters. The van der Waals surface area contributed by atoms with E-state index in [2.05, 4.69) is 23.7 Å². The third-order valence-corrected chi connectivity index (χ3v) is 2.45. The molecule has 1 rings (SSSR count). The van der Waals surface area contributed by atoms with Crippen LogP contribution < -0.4 is 10.6 Å². The first-order valence-electron chi connectivity index (χ1n) is 5.53. The minimum atomic E-state index is 0.572. The fourth-order valence-electron chi connectivity index (χ4n) is 1.57. The molecule has 0 radical (unpaired) electrons. The monoisotopic (exact) mass is 237 g/mol. The van der Waals surface area contributed by atoms with E-state index in [0.29, 0.717) is 10.9 Å². The Kier molecular flexibility index (Phi) is 5.19. The zero-order valence-corrected chi connectivity index (χ0v) is 10.7. The van der Waals surface area contributed by atoms with Crippen LogP contribution in [0.5, 0.6) is 0 Å². The molecule has 0 saturated carbocycles. The SMILES string of the molecule is CC(C)CN(CCC(N)=S)c1ccncc1. The van der Waals surface area contributed by atoms with E-state index in [0.717, 1.165) is 19.5 Å². The highest BCUT2D eigenvalue weighted by molar-refractivity contribution is 7.80. The lowest BCUT2D eigenvalue weighted by Crippen LogP contribution is -2.30. The van der Waals surface area contributed by atoms with Crippen LogP contribution in [-0.4, -0.2) is 23.1 Å². The average molecular weight is 237 g/mol. The summed E-state index contributed by atoms with van der Waals surface area (Å²) in [6.07, 6.45) is 4.37. The van der Waals surface area contributed by atoms with Crippen molar-refractivity contribution in [3.63, 3.8) is 0 Å². The number of hydrogen-bond donors (Lipinski definition) is 1. The topological polar surface area (TPSA) is 42.1 Å². The van der Waals surface area contributed by atoms with E-state index in [1.54, 1.807) is 0 Å². The Balaban J connectivity index is 2.67. The molecule has 0 spiro atoms. The molecular weight excluding hydrogens is 218 g/mol. The molecule has 0 atom stereocenters. The molecule has 0 aliphatic heterocycles. The van der Waals surface area contributed by atoms with Crippen molar-refractivity contribution in [1.29, 1.82) is 0 Å². The first-order valence-corrected chi connectivity index (χ1v) is 5.93. The third-order valence-electron chi connectivity index (χ3n) is 2.24. The lowest BCUT2D eigenvalue weighted by molar-refractivity contribution is 0.613. The molecule has 0 amide bonds. The van der Waals surface area contributed by atoms with Crippen LogP contribution in [0, 0.1) is 5.92 Å². The predicted molar refractivity (Wildman–Crippen MR) is 72.7 cm³/mol. The third kappa shape index (κ3) is 4.57. The zero-order valence-electron chi connectivity index (χ0n) is 9.89. The summed E-state index contributed by atoms with van der Waals surface area (Å²) in [5, 5.41) is 0. The van der Waals surface area contributed by atoms with Gasteiger partial charge in [0.2, 0.25) is 0 Å². The number of pyridine rings is 1. The molecule has 16 heavy (non-hydrogen) atoms. The maximum atomic E-state index is 5.54. The summed E-state index contributed by atoms with van der Waals surface area (Å²) in [5.41, 5.74) is 6.72. The first kappa shape index (κ1) is 12.9. The molecule has 1 aromatic rings. The number of aromatic nitrogens is 1. The van der Waals surface area contributed by atoms with Gasteiger partial charge < -0.3 is 10.6 Å². The Hall–Kier alpha value is -1.16. The quantitative estimate of drug-likeness (QED) is 0.770. The smallest absolute Gasteiger partial charge is 0.0745 e. The van der Waals surface area contributed by atoms with Gasteiger partial charge in [-0.1, -0.05) is 26.1 Å². The molecule has 1 heterocycles. The van der Waals surface area contributed by atoms with Gasteiger partial charge in [0.15, 0.2) is 0 Å². The summed E-state index contributed by atoms with van der Waals surface area (Å²) in [6.45, 7) is 6.29. The van der Waals surface area contributed by atoms with E-state index in [1.807, 2.05) is 24.5 Å². The Bertz CT molecular complexity index is 324. The molecule has 2 N–H and O–H groups in total. The van der Waals surface area contributed by atoms with Gasteiger partial charge in [-0.05, 0) is 18.1 Å². The van der Waals surface area contributed by atoms with Crippen molar-refractivity contribution < 1.29 is 0 Å². The second-order valence-electron chi connectivity index (χ2n) is 4.26. The van der Waals surface area contributed by atoms with Crippen molar-refractivity contribution in [3.8, 4) is 0 Å². The summed E-state index contributed by atoms with van der Waals surface area (Å²) in [6, 6.07) is 4.03. The summed E-state index contributed by atoms with van der Waals surface area (Å²) >= 11 is 4.92. The van der Waals surface area contributed by atoms with Gasteiger partial charge in [0.05, 0.1) is 4.99 Å². The van der Waals surface area contributed by atoms with Crippen LogP contribution in [-0.2, 0) is 0 Å². The summed E-state index contributed by atoms with van der Waals surface area (Å²) in [5.74, 6) is 0.611. The van der Waals surface area contributed by atoms with Crippen molar-refractivity contribution in [3.05, 3.63) is 24.5 Å². The van der Waals surface area contributed by atoms with Gasteiger partial charge >= 0.3 is 0 Å². The second kappa shape index (κ2) is 6.43. The van der Waals surface area contributed by atoms with Crippen molar-refractivity contribution in [2.45, 2.75) is 20.3 Å². The number of rotatable bonds is 6. The highest BCUT2D eigenvalue weighted by Gasteiger charge is 2.08. The van der Waals surface area contributed by atoms with Gasteiger partial charge in [0.1, 0.15) is 0 Å². The van der Waals surface area contributed by atoms with Crippen molar-refractivity contribution in [1.82, 2.24) is 4.98 Å². The molecule has 0 aliphatic carbocycles. The Morgan fingerprint density at radius 1 is 1.44 bits per heavy atom. The molecule has 0 aliphatic rings. The van der Waals surface area contributed by atoms with E-state index < -0.39 is 0 Å². The van der Waals surface area contributed by atoms with E-state index in [4.69, 9.17) is 18.0 Å². The number of hydrogen-bond acceptors (Lipinski definition) is 3. The molecule has 0 bridgehead atoms. The molecule has 4 heteroatoms. The second-order valence-corrected chi connectivity index (χ2v) is 4.79. The van der Waals surface area contributed by atoms with E-state index in [-0.39, 0.29) is 0 Å². The Morgan fingerprint density at radius 3 is 2.56 bits per heavy atom. The summed E-state index contributed by atoms with van der Waals surface area (Å²) in [7, 11) is 0. The van der Waals surface area contributed by atoms with Crippen LogP contribution in [0.4, 0.5) is 5.69 Å². The standard InChI is InChI=1S/C12H19N3S/c1-10(2)9-15(8-5-12(13)16)11-3-6-14-7-4-11/h3-4,6-7,10H,5,8-9H2,1-2H3,(H2,13,16). The lowest BCUT2D eigenvalue weighted by Gasteiger charge is -2.26. The highest BCUT2D eigenvalue weighted by atomic mass is 32.1. The molecule has 0 aromatic carbocycles. The number of anilines is 1. The zero-order chi connectivity index (χ0) is 12.0. The normalized spacial score (nSPS) is 10.4. The maximum Gasteiger partial charge on any atom is 0.0745 e. The maximum absolute atomic E-state index is 5.54. The Morgan fingerprint density at radius 2 is 2.06 bits per heavy atom. The lowest BCUT2D eigenvalue weighted by atomic mass is 10.2. The minimum absolute atomic E-state index is 0.572. The molecule has 0 fully saturated rings. The van der Waals surface area contributed by atoms with Crippen LogP contribution in [0.25, 0.3) is 0 Å². The van der Waals surface area contributed by atoms with Crippen LogP contribution in [0.1, 0.15) is 20.3 Å². The van der Waals surface area contributed by atoms with Crippen molar-refractivity contribution in [2.24, 2.45) is 11.7 Å². The van der Waals surface area contributed by atoms with Crippen molar-refractivity contribution in [2.75, 3.05) is 18.0 Å². The fraction of sp³-hybridized carbons (Fsp3) is 0.500. The number of thiocarbonyl (C=S) groups is 1. The van der Waals surface area contributed by atoms with Gasteiger partial charge in [0, 0.05) is 37.6 Å². The minimum Gasteiger partial charge on any atom is -0.393 e. The predicted octanol–water partition coefficient (Wildman–Crippen LogP) is 2.22. The average Bonchev–Trinajstić information content (AvgIpc) is 2.25.